The molecule has 0 amide bonds. The molecule has 19 atom stereocenters. The van der Waals surface area contributed by atoms with Crippen molar-refractivity contribution < 1.29 is 53.3 Å². The van der Waals surface area contributed by atoms with Crippen molar-refractivity contribution in [3.05, 3.63) is 0 Å². The Balaban J connectivity index is 0.00000523. The summed E-state index contributed by atoms with van der Waals surface area (Å²) in [6.07, 6.45) is 5.85. The van der Waals surface area contributed by atoms with E-state index >= 15 is 0 Å². The second kappa shape index (κ2) is 16.2. The molecule has 0 saturated carbocycles. The maximum absolute atomic E-state index is 11.8. The van der Waals surface area contributed by atoms with Crippen molar-refractivity contribution in [2.45, 2.75) is 192 Å². The summed E-state index contributed by atoms with van der Waals surface area (Å²) in [6, 6.07) is 0. The Morgan fingerprint density at radius 1 is 0.865 bits per heavy atom. The Morgan fingerprint density at radius 3 is 2.23 bits per heavy atom. The van der Waals surface area contributed by atoms with Gasteiger partial charge in [0.2, 0.25) is 0 Å². The second-order valence-electron chi connectivity index (χ2n) is 18.4. The average molecular weight is 749 g/mol. The molecule has 296 valence electrons. The Kier molecular flexibility index (Phi) is 13.4. The average Bonchev–Trinajstić information content (AvgIpc) is 3.75. The van der Waals surface area contributed by atoms with E-state index in [1.807, 2.05) is 6.92 Å². The number of aliphatic hydroxyl groups excluding tert-OH is 1. The van der Waals surface area contributed by atoms with Crippen molar-refractivity contribution in [2.75, 3.05) is 13.7 Å². The van der Waals surface area contributed by atoms with Crippen molar-refractivity contribution in [3.8, 4) is 0 Å². The van der Waals surface area contributed by atoms with E-state index in [1.54, 1.807) is 14.0 Å². The van der Waals surface area contributed by atoms with Crippen LogP contribution in [0.5, 0.6) is 0 Å². The molecule has 0 unspecified atom stereocenters. The van der Waals surface area contributed by atoms with Gasteiger partial charge < -0.3 is 48.5 Å². The Morgan fingerprint density at radius 2 is 1.58 bits per heavy atom. The Labute approximate surface area is 334 Å². The molecule has 6 heterocycles. The van der Waals surface area contributed by atoms with Crippen molar-refractivity contribution in [3.63, 3.8) is 0 Å². The Hall–Kier alpha value is 0.110. The number of carbonyl (C=O) groups is 1. The first kappa shape index (κ1) is 43.2. The molecule has 0 bridgehead atoms. The number of methoxy groups -OCH3 is 1. The first-order valence-corrected chi connectivity index (χ1v) is 20.0. The molecular formula is C40H69NaO11. The van der Waals surface area contributed by atoms with Gasteiger partial charge in [-0.3, -0.25) is 4.79 Å². The number of ether oxygens (including phenoxy) is 7. The number of rotatable bonds is 9. The molecule has 12 heteroatoms. The summed E-state index contributed by atoms with van der Waals surface area (Å²) in [4.78, 5) is 11.8. The third-order valence-corrected chi connectivity index (χ3v) is 14.4. The van der Waals surface area contributed by atoms with Gasteiger partial charge in [-0.25, -0.2) is 0 Å². The van der Waals surface area contributed by atoms with E-state index in [4.69, 9.17) is 33.2 Å². The third-order valence-electron chi connectivity index (χ3n) is 14.4. The molecule has 52 heavy (non-hydrogen) atoms. The molecular weight excluding hydrogens is 679 g/mol. The summed E-state index contributed by atoms with van der Waals surface area (Å²) in [5.41, 5.74) is -1.10. The molecule has 3 N–H and O–H groups in total. The van der Waals surface area contributed by atoms with Crippen LogP contribution in [0.2, 0.25) is 0 Å². The van der Waals surface area contributed by atoms with Crippen molar-refractivity contribution in [1.29, 1.82) is 0 Å². The quantitative estimate of drug-likeness (QED) is 0.273. The van der Waals surface area contributed by atoms with Gasteiger partial charge in [0.1, 0.15) is 0 Å². The zero-order valence-corrected chi connectivity index (χ0v) is 32.8. The summed E-state index contributed by atoms with van der Waals surface area (Å²) in [6.45, 7) is 18.4. The molecule has 1 spiro atoms. The first-order valence-electron chi connectivity index (χ1n) is 20.0. The number of carboxylic acid groups (broad SMARTS) is 1. The van der Waals surface area contributed by atoms with Crippen molar-refractivity contribution >= 4 is 35.5 Å². The maximum atomic E-state index is 11.8. The zero-order chi connectivity index (χ0) is 37.3. The van der Waals surface area contributed by atoms with Crippen LogP contribution in [0, 0.1) is 41.4 Å². The van der Waals surface area contributed by atoms with E-state index in [0.29, 0.717) is 6.42 Å². The van der Waals surface area contributed by atoms with Crippen LogP contribution >= 0.6 is 0 Å². The van der Waals surface area contributed by atoms with Gasteiger partial charge in [0.15, 0.2) is 11.6 Å². The van der Waals surface area contributed by atoms with Gasteiger partial charge in [0.25, 0.3) is 0 Å². The molecule has 0 aromatic rings. The van der Waals surface area contributed by atoms with Crippen LogP contribution in [0.3, 0.4) is 0 Å². The van der Waals surface area contributed by atoms with Gasteiger partial charge in [-0.2, -0.15) is 0 Å². The first-order chi connectivity index (χ1) is 23.9. The van der Waals surface area contributed by atoms with Crippen LogP contribution in [0.1, 0.15) is 120 Å². The normalized spacial score (nSPS) is 53.2. The van der Waals surface area contributed by atoms with Gasteiger partial charge in [-0.1, -0.05) is 41.5 Å². The second-order valence-corrected chi connectivity index (χ2v) is 18.4. The summed E-state index contributed by atoms with van der Waals surface area (Å²) in [5.74, 6) is -3.26. The molecule has 6 aliphatic rings. The molecule has 6 saturated heterocycles. The zero-order valence-electron chi connectivity index (χ0n) is 32.8. The minimum absolute atomic E-state index is 0. The number of carboxylic acids is 1. The van der Waals surface area contributed by atoms with Gasteiger partial charge in [0.05, 0.1) is 72.6 Å². The number of hydrogen-bond donors (Lipinski definition) is 3. The van der Waals surface area contributed by atoms with Crippen molar-refractivity contribution in [2.24, 2.45) is 41.4 Å². The van der Waals surface area contributed by atoms with Gasteiger partial charge in [0, 0.05) is 37.7 Å². The van der Waals surface area contributed by atoms with E-state index in [0.717, 1.165) is 51.4 Å². The van der Waals surface area contributed by atoms with E-state index in [-0.39, 0.29) is 114 Å². The summed E-state index contributed by atoms with van der Waals surface area (Å²) < 4.78 is 47.0. The summed E-state index contributed by atoms with van der Waals surface area (Å²) >= 11 is 0. The SMILES string of the molecule is CO[C@@H]1C[C@@H](C[C@H]2CC[C@H](C)[C@H]([C@@H](C)C(=O)O)O2)O[C@]2(O[C@](C)([C@H]3CC[C@@](C)([C@@H]4O[C@@H]([C@H]5O[C@@](O)(CO)[C@H](C)C[C@@H]5C)C[C@@H]4C)O3)C[C@H]2C)[C@@H]1C.[NaH]. The van der Waals surface area contributed by atoms with Crippen LogP contribution in [0.4, 0.5) is 0 Å². The van der Waals surface area contributed by atoms with Gasteiger partial charge in [-0.05, 0) is 83.5 Å². The fraction of sp³-hybridized carbons (Fsp3) is 0.975. The van der Waals surface area contributed by atoms with Crippen LogP contribution in [-0.2, 0) is 38.0 Å². The van der Waals surface area contributed by atoms with Crippen molar-refractivity contribution in [1.82, 2.24) is 0 Å². The molecule has 11 nitrogen and oxygen atoms in total. The molecule has 0 radical (unpaired) electrons. The molecule has 6 rings (SSSR count). The van der Waals surface area contributed by atoms with E-state index in [1.165, 1.54) is 0 Å². The standard InChI is InChI=1S/C40H68O11.Na.H/c1-21-11-12-28(46-33(21)26(6)36(42)43)17-29-18-30(45-10)27(7)40(48-29)25(5)19-38(9,51-40)32-13-14-37(8,49-32)35-23(3)16-31(47-35)34-22(2)15-24(4)39(44,20-41)50-34;;/h21-35,41,44H,11-20H2,1-10H3,(H,42,43);;/t21-,22-,23-,24+,25+,26+,27+,28+,29+,30+,31+,32+,33+,34-,35+,37-,38-,39-,40+;;/m0../s1. The van der Waals surface area contributed by atoms with Crippen LogP contribution in [0.15, 0.2) is 0 Å². The fourth-order valence-electron chi connectivity index (χ4n) is 11.3. The van der Waals surface area contributed by atoms with E-state index in [2.05, 4.69) is 48.5 Å². The molecule has 6 aliphatic heterocycles. The predicted molar refractivity (Wildman–Crippen MR) is 196 cm³/mol. The van der Waals surface area contributed by atoms with Gasteiger partial charge in [-0.15, -0.1) is 0 Å². The van der Waals surface area contributed by atoms with E-state index < -0.39 is 41.3 Å². The van der Waals surface area contributed by atoms with Gasteiger partial charge >= 0.3 is 35.5 Å². The fourth-order valence-corrected chi connectivity index (χ4v) is 11.3. The van der Waals surface area contributed by atoms with Crippen LogP contribution in [-0.4, -0.2) is 136 Å². The van der Waals surface area contributed by atoms with Crippen LogP contribution < -0.4 is 0 Å². The molecule has 6 fully saturated rings. The van der Waals surface area contributed by atoms with E-state index in [9.17, 15) is 20.1 Å². The molecule has 0 aromatic heterocycles. The molecule has 0 aromatic carbocycles. The predicted octanol–water partition coefficient (Wildman–Crippen LogP) is 5.06. The van der Waals surface area contributed by atoms with Crippen LogP contribution in [0.25, 0.3) is 0 Å². The monoisotopic (exact) mass is 748 g/mol. The summed E-state index contributed by atoms with van der Waals surface area (Å²) in [5, 5.41) is 30.7. The number of hydrogen-bond acceptors (Lipinski definition) is 10. The number of aliphatic carboxylic acids is 1. The molecule has 0 aliphatic carbocycles. The third kappa shape index (κ3) is 7.85. The topological polar surface area (TPSA) is 142 Å². The Bertz CT molecular complexity index is 1240. The number of aliphatic hydroxyl groups is 2. The summed E-state index contributed by atoms with van der Waals surface area (Å²) in [7, 11) is 1.77. The minimum atomic E-state index is -1.55.